The Morgan fingerprint density at radius 1 is 0.625 bits per heavy atom. The summed E-state index contributed by atoms with van der Waals surface area (Å²) in [6.07, 6.45) is -3.41. The van der Waals surface area contributed by atoms with Gasteiger partial charge >= 0.3 is 0 Å². The molecule has 48 heavy (non-hydrogen) atoms. The van der Waals surface area contributed by atoms with E-state index in [1.54, 1.807) is 0 Å². The number of fused-ring (bicyclic) bond motifs is 2. The Morgan fingerprint density at radius 2 is 1.10 bits per heavy atom. The molecule has 0 saturated carbocycles. The Bertz CT molecular complexity index is 1530. The number of hydrogen-bond donors (Lipinski definition) is 2. The second-order valence-corrected chi connectivity index (χ2v) is 12.3. The molecule has 4 aromatic rings. The molecule has 2 bridgehead atoms. The smallest absolute Gasteiger partial charge is 0.222 e. The predicted molar refractivity (Wildman–Crippen MR) is 178 cm³/mol. The Kier molecular flexibility index (Phi) is 11.3. The summed E-state index contributed by atoms with van der Waals surface area (Å²) in [5, 5.41) is 23.2. The Morgan fingerprint density at radius 3 is 1.60 bits per heavy atom. The van der Waals surface area contributed by atoms with Crippen LogP contribution in [0.5, 0.6) is 0 Å². The van der Waals surface area contributed by atoms with Gasteiger partial charge in [0.05, 0.1) is 46.2 Å². The third-order valence-electron chi connectivity index (χ3n) is 9.11. The molecule has 0 radical (unpaired) electrons. The minimum Gasteiger partial charge on any atom is -0.394 e. The fourth-order valence-corrected chi connectivity index (χ4v) is 6.74. The summed E-state index contributed by atoms with van der Waals surface area (Å²) in [6, 6.07) is 39.0. The summed E-state index contributed by atoms with van der Waals surface area (Å²) in [4.78, 5) is 0. The topological polar surface area (TPSA) is 105 Å². The molecule has 6 rings (SSSR count). The van der Waals surface area contributed by atoms with Gasteiger partial charge in [-0.15, -0.1) is 0 Å². The number of aliphatic hydroxyl groups is 2. The molecule has 0 aliphatic carbocycles. The molecule has 6 atom stereocenters. The van der Waals surface area contributed by atoms with Crippen LogP contribution in [0.25, 0.3) is 0 Å². The zero-order valence-electron chi connectivity index (χ0n) is 27.2. The number of ether oxygens (including phenoxy) is 7. The fraction of sp³-hybridized carbons (Fsp3) is 0.385. The molecule has 4 aromatic carbocycles. The van der Waals surface area contributed by atoms with Crippen molar-refractivity contribution < 1.29 is 43.4 Å². The van der Waals surface area contributed by atoms with Crippen LogP contribution >= 0.6 is 0 Å². The van der Waals surface area contributed by atoms with E-state index in [0.29, 0.717) is 0 Å². The highest BCUT2D eigenvalue weighted by Gasteiger charge is 2.79. The lowest BCUT2D eigenvalue weighted by atomic mass is 9.75. The SMILES string of the molecule is COC[C@@]12O[C@@H](CO)[C@](COCc3ccccc3)(OCc3ccccc3)[C@@](COCc3ccccc3)(O1)[C@@H](OCc1ccccc1)[C@@H]2O. The minimum absolute atomic E-state index is 0.0738. The van der Waals surface area contributed by atoms with Gasteiger partial charge in [-0.1, -0.05) is 121 Å². The monoisotopic (exact) mass is 656 g/mol. The molecule has 0 spiro atoms. The maximum Gasteiger partial charge on any atom is 0.222 e. The lowest BCUT2D eigenvalue weighted by molar-refractivity contribution is -0.421. The van der Waals surface area contributed by atoms with Crippen LogP contribution in [-0.4, -0.2) is 79.1 Å². The Hall–Kier alpha value is -3.48. The minimum atomic E-state index is -1.68. The molecule has 0 aromatic heterocycles. The quantitative estimate of drug-likeness (QED) is 0.166. The highest BCUT2D eigenvalue weighted by atomic mass is 16.8. The van der Waals surface area contributed by atoms with E-state index in [2.05, 4.69) is 0 Å². The highest BCUT2D eigenvalue weighted by Crippen LogP contribution is 2.56. The molecule has 254 valence electrons. The predicted octanol–water partition coefficient (Wildman–Crippen LogP) is 4.82. The van der Waals surface area contributed by atoms with E-state index in [1.165, 1.54) is 7.11 Å². The molecule has 2 fully saturated rings. The normalized spacial score (nSPS) is 28.0. The molecule has 0 unspecified atom stereocenters. The molecule has 0 amide bonds. The molecule has 2 aliphatic heterocycles. The second-order valence-electron chi connectivity index (χ2n) is 12.3. The van der Waals surface area contributed by atoms with E-state index >= 15 is 0 Å². The molecule has 2 aliphatic rings. The third-order valence-corrected chi connectivity index (χ3v) is 9.11. The first-order valence-corrected chi connectivity index (χ1v) is 16.3. The standard InChI is InChI=1S/C39H44O9/c1-42-29-39-35(41)36(45-25-32-18-10-4-11-19-32)38(48-39,28-44-24-31-16-8-3-9-17-31)37(34(22-40)47-39,46-26-33-20-12-5-13-21-33)27-43-23-30-14-6-2-7-15-30/h2-21,34-36,40-41H,22-29H2,1H3/t34-,35-,36-,37-,38-,39+/m0/s1. The molecule has 2 N–H and O–H groups in total. The van der Waals surface area contributed by atoms with Gasteiger partial charge in [0.2, 0.25) is 5.79 Å². The highest BCUT2D eigenvalue weighted by molar-refractivity contribution is 5.25. The van der Waals surface area contributed by atoms with Crippen molar-refractivity contribution in [3.05, 3.63) is 144 Å². The summed E-state index contributed by atoms with van der Waals surface area (Å²) in [5.41, 5.74) is 0.652. The lowest BCUT2D eigenvalue weighted by Gasteiger charge is -2.56. The van der Waals surface area contributed by atoms with Crippen LogP contribution in [0, 0.1) is 0 Å². The van der Waals surface area contributed by atoms with Crippen molar-refractivity contribution in [2.75, 3.05) is 33.5 Å². The van der Waals surface area contributed by atoms with Gasteiger partial charge in [-0.2, -0.15) is 0 Å². The van der Waals surface area contributed by atoms with Crippen molar-refractivity contribution >= 4 is 0 Å². The van der Waals surface area contributed by atoms with Crippen LogP contribution < -0.4 is 0 Å². The van der Waals surface area contributed by atoms with Crippen molar-refractivity contribution in [3.63, 3.8) is 0 Å². The summed E-state index contributed by atoms with van der Waals surface area (Å²) in [6.45, 7) is 0.0825. The van der Waals surface area contributed by atoms with Gasteiger partial charge in [0.25, 0.3) is 0 Å². The Labute approximate surface area is 281 Å². The first-order valence-electron chi connectivity index (χ1n) is 16.3. The van der Waals surface area contributed by atoms with Gasteiger partial charge in [0.15, 0.2) is 11.2 Å². The number of aliphatic hydroxyl groups excluding tert-OH is 2. The third kappa shape index (κ3) is 7.11. The van der Waals surface area contributed by atoms with E-state index in [4.69, 9.17) is 33.2 Å². The van der Waals surface area contributed by atoms with Gasteiger partial charge < -0.3 is 43.4 Å². The van der Waals surface area contributed by atoms with Crippen molar-refractivity contribution in [2.24, 2.45) is 0 Å². The zero-order chi connectivity index (χ0) is 33.3. The molecular formula is C39H44O9. The van der Waals surface area contributed by atoms with Crippen LogP contribution in [0.3, 0.4) is 0 Å². The number of rotatable bonds is 17. The summed E-state index contributed by atoms with van der Waals surface area (Å²) in [7, 11) is 1.50. The number of methoxy groups -OCH3 is 1. The van der Waals surface area contributed by atoms with E-state index in [1.807, 2.05) is 121 Å². The van der Waals surface area contributed by atoms with Gasteiger partial charge in [-0.3, -0.25) is 0 Å². The van der Waals surface area contributed by atoms with E-state index in [-0.39, 0.29) is 46.2 Å². The summed E-state index contributed by atoms with van der Waals surface area (Å²) < 4.78 is 45.6. The van der Waals surface area contributed by atoms with Crippen LogP contribution in [0.4, 0.5) is 0 Å². The summed E-state index contributed by atoms with van der Waals surface area (Å²) >= 11 is 0. The van der Waals surface area contributed by atoms with E-state index < -0.39 is 41.9 Å². The molecule has 2 saturated heterocycles. The fourth-order valence-electron chi connectivity index (χ4n) is 6.74. The Balaban J connectivity index is 1.44. The summed E-state index contributed by atoms with van der Waals surface area (Å²) in [5.74, 6) is -1.68. The first-order chi connectivity index (χ1) is 23.5. The van der Waals surface area contributed by atoms with Crippen LogP contribution in [-0.2, 0) is 59.6 Å². The molecule has 2 heterocycles. The van der Waals surface area contributed by atoms with E-state index in [9.17, 15) is 10.2 Å². The lowest BCUT2D eigenvalue weighted by Crippen LogP contribution is -2.75. The van der Waals surface area contributed by atoms with Gasteiger partial charge in [-0.25, -0.2) is 0 Å². The van der Waals surface area contributed by atoms with E-state index in [0.717, 1.165) is 22.3 Å². The maximum absolute atomic E-state index is 12.1. The van der Waals surface area contributed by atoms with Crippen LogP contribution in [0.2, 0.25) is 0 Å². The molecule has 9 nitrogen and oxygen atoms in total. The average molecular weight is 657 g/mol. The zero-order valence-corrected chi connectivity index (χ0v) is 27.2. The average Bonchev–Trinajstić information content (AvgIpc) is 3.33. The van der Waals surface area contributed by atoms with Gasteiger partial charge in [0, 0.05) is 7.11 Å². The van der Waals surface area contributed by atoms with Crippen molar-refractivity contribution in [2.45, 2.75) is 61.7 Å². The van der Waals surface area contributed by atoms with Crippen LogP contribution in [0.1, 0.15) is 22.3 Å². The van der Waals surface area contributed by atoms with Crippen molar-refractivity contribution in [3.8, 4) is 0 Å². The number of hydrogen-bond acceptors (Lipinski definition) is 9. The van der Waals surface area contributed by atoms with Crippen molar-refractivity contribution in [1.29, 1.82) is 0 Å². The largest absolute Gasteiger partial charge is 0.394 e. The van der Waals surface area contributed by atoms with Crippen LogP contribution in [0.15, 0.2) is 121 Å². The number of benzene rings is 4. The maximum atomic E-state index is 12.1. The molecule has 9 heteroatoms. The first kappa shape index (κ1) is 34.4. The van der Waals surface area contributed by atoms with Crippen molar-refractivity contribution in [1.82, 2.24) is 0 Å². The van der Waals surface area contributed by atoms with Gasteiger partial charge in [-0.05, 0) is 22.3 Å². The molecular weight excluding hydrogens is 612 g/mol. The van der Waals surface area contributed by atoms with Gasteiger partial charge in [0.1, 0.15) is 24.9 Å². The second kappa shape index (κ2) is 15.8.